The van der Waals surface area contributed by atoms with Crippen LogP contribution in [0.2, 0.25) is 0 Å². The highest BCUT2D eigenvalue weighted by Crippen LogP contribution is 2.20. The molecule has 0 aliphatic carbocycles. The standard InChI is InChI=1S/C16H15FN2O/c1-11-5-6-14(17)16(9-11)20-8-7-12-3-2-4-15-13(12)10-18-19-15/h2-6,9-10H,7-8H2,1H3,(H,18,19). The lowest BCUT2D eigenvalue weighted by Crippen LogP contribution is -2.03. The van der Waals surface area contributed by atoms with E-state index in [0.29, 0.717) is 18.8 Å². The molecule has 0 fully saturated rings. The molecule has 0 atom stereocenters. The first-order valence-corrected chi connectivity index (χ1v) is 6.54. The van der Waals surface area contributed by atoms with E-state index in [2.05, 4.69) is 10.2 Å². The predicted molar refractivity (Wildman–Crippen MR) is 76.4 cm³/mol. The summed E-state index contributed by atoms with van der Waals surface area (Å²) in [5, 5.41) is 8.05. The molecule has 1 N–H and O–H groups in total. The average Bonchev–Trinajstić information content (AvgIpc) is 2.92. The minimum atomic E-state index is -0.322. The zero-order valence-electron chi connectivity index (χ0n) is 11.2. The second-order valence-electron chi connectivity index (χ2n) is 4.78. The molecule has 0 aliphatic rings. The molecule has 0 bridgehead atoms. The maximum atomic E-state index is 13.6. The molecule has 0 unspecified atom stereocenters. The summed E-state index contributed by atoms with van der Waals surface area (Å²) in [7, 11) is 0. The number of aromatic nitrogens is 2. The van der Waals surface area contributed by atoms with Gasteiger partial charge in [-0.15, -0.1) is 0 Å². The summed E-state index contributed by atoms with van der Waals surface area (Å²) in [6, 6.07) is 10.9. The van der Waals surface area contributed by atoms with Crippen LogP contribution in [0.1, 0.15) is 11.1 Å². The second kappa shape index (κ2) is 5.33. The van der Waals surface area contributed by atoms with Crippen LogP contribution in [0.5, 0.6) is 5.75 Å². The number of aromatic amines is 1. The van der Waals surface area contributed by atoms with Crippen LogP contribution in [-0.2, 0) is 6.42 Å². The van der Waals surface area contributed by atoms with Crippen molar-refractivity contribution in [2.75, 3.05) is 6.61 Å². The highest BCUT2D eigenvalue weighted by Gasteiger charge is 2.05. The van der Waals surface area contributed by atoms with Gasteiger partial charge in [-0.05, 0) is 36.2 Å². The third kappa shape index (κ3) is 2.50. The van der Waals surface area contributed by atoms with Gasteiger partial charge in [0.25, 0.3) is 0 Å². The Morgan fingerprint density at radius 3 is 3.05 bits per heavy atom. The first kappa shape index (κ1) is 12.7. The van der Waals surface area contributed by atoms with E-state index in [9.17, 15) is 4.39 Å². The van der Waals surface area contributed by atoms with Gasteiger partial charge in [-0.2, -0.15) is 5.10 Å². The summed E-state index contributed by atoms with van der Waals surface area (Å²) >= 11 is 0. The van der Waals surface area contributed by atoms with Gasteiger partial charge in [0, 0.05) is 11.8 Å². The lowest BCUT2D eigenvalue weighted by Gasteiger charge is -2.08. The number of halogens is 1. The van der Waals surface area contributed by atoms with Crippen molar-refractivity contribution in [1.82, 2.24) is 10.2 Å². The average molecular weight is 270 g/mol. The van der Waals surface area contributed by atoms with E-state index < -0.39 is 0 Å². The van der Waals surface area contributed by atoms with Crippen LogP contribution in [0, 0.1) is 12.7 Å². The van der Waals surface area contributed by atoms with Gasteiger partial charge in [0.15, 0.2) is 11.6 Å². The maximum Gasteiger partial charge on any atom is 0.165 e. The summed E-state index contributed by atoms with van der Waals surface area (Å²) in [5.41, 5.74) is 3.13. The highest BCUT2D eigenvalue weighted by molar-refractivity contribution is 5.81. The van der Waals surface area contributed by atoms with Gasteiger partial charge in [-0.3, -0.25) is 5.10 Å². The molecule has 4 heteroatoms. The van der Waals surface area contributed by atoms with Gasteiger partial charge in [0.2, 0.25) is 0 Å². The Balaban J connectivity index is 1.71. The zero-order valence-corrected chi connectivity index (χ0v) is 11.2. The number of fused-ring (bicyclic) bond motifs is 1. The van der Waals surface area contributed by atoms with Crippen LogP contribution in [0.3, 0.4) is 0 Å². The first-order chi connectivity index (χ1) is 9.74. The third-order valence-corrected chi connectivity index (χ3v) is 3.29. The number of hydrogen-bond donors (Lipinski definition) is 1. The number of H-pyrrole nitrogens is 1. The number of hydrogen-bond acceptors (Lipinski definition) is 2. The normalized spacial score (nSPS) is 10.9. The van der Waals surface area contributed by atoms with Crippen LogP contribution < -0.4 is 4.74 Å². The fourth-order valence-corrected chi connectivity index (χ4v) is 2.24. The van der Waals surface area contributed by atoms with E-state index in [4.69, 9.17) is 4.74 Å². The molecule has 2 aromatic carbocycles. The molecule has 3 nitrogen and oxygen atoms in total. The van der Waals surface area contributed by atoms with E-state index in [0.717, 1.165) is 22.0 Å². The Labute approximate surface area is 116 Å². The molecule has 1 aromatic heterocycles. The third-order valence-electron chi connectivity index (χ3n) is 3.29. The van der Waals surface area contributed by atoms with Gasteiger partial charge in [-0.25, -0.2) is 4.39 Å². The van der Waals surface area contributed by atoms with Crippen LogP contribution in [-0.4, -0.2) is 16.8 Å². The Morgan fingerprint density at radius 2 is 2.15 bits per heavy atom. The molecule has 0 spiro atoms. The van der Waals surface area contributed by atoms with Gasteiger partial charge < -0.3 is 4.74 Å². The number of aryl methyl sites for hydroxylation is 1. The molecular weight excluding hydrogens is 255 g/mol. The Hall–Kier alpha value is -2.36. The zero-order chi connectivity index (χ0) is 13.9. The molecule has 20 heavy (non-hydrogen) atoms. The smallest absolute Gasteiger partial charge is 0.165 e. The molecule has 0 saturated heterocycles. The van der Waals surface area contributed by atoms with Crippen LogP contribution in [0.4, 0.5) is 4.39 Å². The fraction of sp³-hybridized carbons (Fsp3) is 0.188. The number of benzene rings is 2. The Bertz CT molecular complexity index is 736. The molecule has 3 aromatic rings. The minimum Gasteiger partial charge on any atom is -0.490 e. The van der Waals surface area contributed by atoms with Gasteiger partial charge in [0.05, 0.1) is 18.3 Å². The molecule has 0 aliphatic heterocycles. The summed E-state index contributed by atoms with van der Waals surface area (Å²) in [4.78, 5) is 0. The van der Waals surface area contributed by atoms with Gasteiger partial charge in [-0.1, -0.05) is 18.2 Å². The minimum absolute atomic E-state index is 0.310. The molecule has 3 rings (SSSR count). The molecule has 102 valence electrons. The quantitative estimate of drug-likeness (QED) is 0.786. The monoisotopic (exact) mass is 270 g/mol. The SMILES string of the molecule is Cc1ccc(F)c(OCCc2cccc3[nH]ncc23)c1. The summed E-state index contributed by atoms with van der Waals surface area (Å²) in [6.07, 6.45) is 2.52. The Kier molecular flexibility index (Phi) is 3.37. The van der Waals surface area contributed by atoms with Gasteiger partial charge >= 0.3 is 0 Å². The second-order valence-corrected chi connectivity index (χ2v) is 4.78. The molecule has 0 saturated carbocycles. The lowest BCUT2D eigenvalue weighted by molar-refractivity contribution is 0.305. The molecule has 1 heterocycles. The van der Waals surface area contributed by atoms with Gasteiger partial charge in [0.1, 0.15) is 0 Å². The van der Waals surface area contributed by atoms with E-state index in [-0.39, 0.29) is 5.82 Å². The summed E-state index contributed by atoms with van der Waals surface area (Å²) in [6.45, 7) is 2.35. The maximum absolute atomic E-state index is 13.6. The van der Waals surface area contributed by atoms with Crippen molar-refractivity contribution in [1.29, 1.82) is 0 Å². The topological polar surface area (TPSA) is 37.9 Å². The van der Waals surface area contributed by atoms with E-state index in [1.54, 1.807) is 18.3 Å². The summed E-state index contributed by atoms with van der Waals surface area (Å²) in [5.74, 6) is -0.0125. The van der Waals surface area contributed by atoms with Crippen LogP contribution in [0.15, 0.2) is 42.6 Å². The van der Waals surface area contributed by atoms with Crippen molar-refractivity contribution in [2.24, 2.45) is 0 Å². The van der Waals surface area contributed by atoms with E-state index in [1.807, 2.05) is 25.1 Å². The highest BCUT2D eigenvalue weighted by atomic mass is 19.1. The Morgan fingerprint density at radius 1 is 1.25 bits per heavy atom. The van der Waals surface area contributed by atoms with E-state index >= 15 is 0 Å². The summed E-state index contributed by atoms with van der Waals surface area (Å²) < 4.78 is 19.1. The number of rotatable bonds is 4. The number of ether oxygens (including phenoxy) is 1. The van der Waals surface area contributed by atoms with Crippen molar-refractivity contribution >= 4 is 10.9 Å². The predicted octanol–water partition coefficient (Wildman–Crippen LogP) is 3.63. The van der Waals surface area contributed by atoms with Crippen LogP contribution >= 0.6 is 0 Å². The van der Waals surface area contributed by atoms with Crippen molar-refractivity contribution in [3.05, 3.63) is 59.5 Å². The van der Waals surface area contributed by atoms with E-state index in [1.165, 1.54) is 6.07 Å². The van der Waals surface area contributed by atoms with Crippen molar-refractivity contribution in [3.63, 3.8) is 0 Å². The fourth-order valence-electron chi connectivity index (χ4n) is 2.24. The van der Waals surface area contributed by atoms with Crippen LogP contribution in [0.25, 0.3) is 10.9 Å². The molecule has 0 amide bonds. The van der Waals surface area contributed by atoms with Crippen molar-refractivity contribution < 1.29 is 9.13 Å². The lowest BCUT2D eigenvalue weighted by atomic mass is 10.1. The number of nitrogens with zero attached hydrogens (tertiary/aromatic N) is 1. The van der Waals surface area contributed by atoms with Crippen molar-refractivity contribution in [2.45, 2.75) is 13.3 Å². The first-order valence-electron chi connectivity index (χ1n) is 6.54. The molecular formula is C16H15FN2O. The largest absolute Gasteiger partial charge is 0.490 e. The number of nitrogens with one attached hydrogen (secondary N) is 1. The van der Waals surface area contributed by atoms with Crippen molar-refractivity contribution in [3.8, 4) is 5.75 Å². The molecule has 0 radical (unpaired) electrons.